The van der Waals surface area contributed by atoms with Crippen LogP contribution in [-0.2, 0) is 15.1 Å². The maximum atomic E-state index is 13.4. The average molecular weight is 525 g/mol. The van der Waals surface area contributed by atoms with Crippen molar-refractivity contribution < 1.29 is 14.4 Å². The molecule has 1 saturated heterocycles. The van der Waals surface area contributed by atoms with Crippen molar-refractivity contribution in [2.75, 3.05) is 25.0 Å². The molecule has 196 valence electrons. The standard InChI is InChI=1S/C27H33ClN6O3/c1-26(2,16-34-14-6-3-7-15-34)33-24(36)22-27(25(29)37,31-17-30-22)18-10-12-19(13-11-18)32-23(35)20-8-4-5-9-21(20)28/h4-5,8-13,17,22H,3,6-7,14-16H2,1-2H3,(H2,29,37)(H,30,31)(H,32,35)(H,33,36). The van der Waals surface area contributed by atoms with E-state index in [4.69, 9.17) is 17.3 Å². The summed E-state index contributed by atoms with van der Waals surface area (Å²) in [5.41, 5.74) is 5.08. The zero-order chi connectivity index (χ0) is 26.6. The summed E-state index contributed by atoms with van der Waals surface area (Å²) in [6, 6.07) is 12.2. The zero-order valence-electron chi connectivity index (χ0n) is 21.1. The Morgan fingerprint density at radius 1 is 1.11 bits per heavy atom. The van der Waals surface area contributed by atoms with E-state index in [9.17, 15) is 14.4 Å². The Hall–Kier alpha value is -3.43. The summed E-state index contributed by atoms with van der Waals surface area (Å²) < 4.78 is 0. The lowest BCUT2D eigenvalue weighted by Gasteiger charge is -2.37. The number of hydrogen-bond donors (Lipinski definition) is 4. The number of nitrogens with zero attached hydrogens (tertiary/aromatic N) is 2. The molecule has 0 saturated carbocycles. The first-order chi connectivity index (χ1) is 17.6. The van der Waals surface area contributed by atoms with Gasteiger partial charge in [-0.1, -0.05) is 42.3 Å². The van der Waals surface area contributed by atoms with E-state index in [0.29, 0.717) is 28.4 Å². The summed E-state index contributed by atoms with van der Waals surface area (Å²) in [6.45, 7) is 6.65. The van der Waals surface area contributed by atoms with Crippen LogP contribution in [0.25, 0.3) is 0 Å². The second kappa shape index (κ2) is 10.9. The van der Waals surface area contributed by atoms with Gasteiger partial charge in [-0.2, -0.15) is 0 Å². The predicted octanol–water partition coefficient (Wildman–Crippen LogP) is 2.65. The molecule has 2 aliphatic heterocycles. The first-order valence-corrected chi connectivity index (χ1v) is 12.8. The Labute approximate surface area is 221 Å². The van der Waals surface area contributed by atoms with Crippen LogP contribution < -0.4 is 21.7 Å². The van der Waals surface area contributed by atoms with E-state index in [2.05, 4.69) is 25.8 Å². The average Bonchev–Trinajstić information content (AvgIpc) is 3.31. The Morgan fingerprint density at radius 2 is 1.78 bits per heavy atom. The van der Waals surface area contributed by atoms with Crippen molar-refractivity contribution in [3.05, 3.63) is 64.7 Å². The number of nitrogens with two attached hydrogens (primary N) is 1. The minimum Gasteiger partial charge on any atom is -0.367 e. The molecule has 0 aliphatic carbocycles. The largest absolute Gasteiger partial charge is 0.367 e. The number of amides is 3. The third-order valence-electron chi connectivity index (χ3n) is 6.81. The van der Waals surface area contributed by atoms with Gasteiger partial charge < -0.3 is 26.6 Å². The van der Waals surface area contributed by atoms with Gasteiger partial charge in [0.15, 0.2) is 11.6 Å². The SMILES string of the molecule is CC(C)(CN1CCCCC1)NC(=O)C1N=CNC1(C(N)=O)c1ccc(NC(=O)c2ccccc2Cl)cc1. The summed E-state index contributed by atoms with van der Waals surface area (Å²) in [4.78, 5) is 45.5. The molecule has 1 fully saturated rings. The van der Waals surface area contributed by atoms with Crippen molar-refractivity contribution in [2.24, 2.45) is 10.7 Å². The van der Waals surface area contributed by atoms with Gasteiger partial charge in [-0.05, 0) is 69.6 Å². The number of carbonyl (C=O) groups excluding carboxylic acids is 3. The number of anilines is 1. The van der Waals surface area contributed by atoms with Gasteiger partial charge in [-0.15, -0.1) is 0 Å². The minimum absolute atomic E-state index is 0.341. The van der Waals surface area contributed by atoms with E-state index >= 15 is 0 Å². The molecule has 4 rings (SSSR count). The molecule has 37 heavy (non-hydrogen) atoms. The van der Waals surface area contributed by atoms with Gasteiger partial charge in [-0.3, -0.25) is 19.4 Å². The molecular weight excluding hydrogens is 492 g/mol. The van der Waals surface area contributed by atoms with E-state index in [1.54, 1.807) is 48.5 Å². The number of carbonyl (C=O) groups is 3. The Balaban J connectivity index is 1.50. The molecule has 2 aromatic rings. The van der Waals surface area contributed by atoms with Crippen molar-refractivity contribution in [1.82, 2.24) is 15.5 Å². The number of piperidine rings is 1. The molecule has 10 heteroatoms. The molecule has 2 unspecified atom stereocenters. The fourth-order valence-corrected chi connectivity index (χ4v) is 5.26. The van der Waals surface area contributed by atoms with E-state index in [-0.39, 0.29) is 5.91 Å². The lowest BCUT2D eigenvalue weighted by Crippen LogP contribution is -2.62. The monoisotopic (exact) mass is 524 g/mol. The number of aliphatic imine (C=N–C) groups is 1. The summed E-state index contributed by atoms with van der Waals surface area (Å²) in [5.74, 6) is -1.48. The van der Waals surface area contributed by atoms with Gasteiger partial charge in [-0.25, -0.2) is 0 Å². The van der Waals surface area contributed by atoms with E-state index < -0.39 is 28.9 Å². The maximum absolute atomic E-state index is 13.4. The van der Waals surface area contributed by atoms with E-state index in [1.807, 2.05) is 13.8 Å². The molecule has 0 spiro atoms. The lowest BCUT2D eigenvalue weighted by atomic mass is 9.82. The van der Waals surface area contributed by atoms with Crippen molar-refractivity contribution in [2.45, 2.75) is 50.2 Å². The molecule has 0 radical (unpaired) electrons. The van der Waals surface area contributed by atoms with Crippen LogP contribution in [0.2, 0.25) is 5.02 Å². The highest BCUT2D eigenvalue weighted by Crippen LogP contribution is 2.32. The number of halogens is 1. The molecule has 3 amide bonds. The van der Waals surface area contributed by atoms with E-state index in [0.717, 1.165) is 25.9 Å². The molecule has 0 aromatic heterocycles. The fourth-order valence-electron chi connectivity index (χ4n) is 5.04. The molecule has 0 bridgehead atoms. The van der Waals surface area contributed by atoms with Crippen LogP contribution >= 0.6 is 11.6 Å². The Morgan fingerprint density at radius 3 is 2.43 bits per heavy atom. The predicted molar refractivity (Wildman–Crippen MR) is 145 cm³/mol. The van der Waals surface area contributed by atoms with Crippen LogP contribution in [0.5, 0.6) is 0 Å². The number of primary amides is 1. The second-order valence-corrected chi connectivity index (χ2v) is 10.6. The third kappa shape index (κ3) is 5.78. The summed E-state index contributed by atoms with van der Waals surface area (Å²) in [6.07, 6.45) is 4.88. The smallest absolute Gasteiger partial charge is 0.257 e. The molecule has 2 aliphatic rings. The molecule has 9 nitrogen and oxygen atoms in total. The van der Waals surface area contributed by atoms with Gasteiger partial charge in [0.25, 0.3) is 11.8 Å². The van der Waals surface area contributed by atoms with Gasteiger partial charge >= 0.3 is 0 Å². The zero-order valence-corrected chi connectivity index (χ0v) is 21.8. The van der Waals surface area contributed by atoms with Gasteiger partial charge in [0.1, 0.15) is 0 Å². The molecule has 2 heterocycles. The molecule has 5 N–H and O–H groups in total. The molecular formula is C27H33ClN6O3. The van der Waals surface area contributed by atoms with Gasteiger partial charge in [0.2, 0.25) is 5.91 Å². The highest BCUT2D eigenvalue weighted by molar-refractivity contribution is 6.34. The molecule has 2 aromatic carbocycles. The number of hydrogen-bond acceptors (Lipinski definition) is 6. The van der Waals surface area contributed by atoms with Gasteiger partial charge in [0, 0.05) is 17.8 Å². The van der Waals surface area contributed by atoms with Gasteiger partial charge in [0.05, 0.1) is 16.9 Å². The Kier molecular flexibility index (Phi) is 7.85. The van der Waals surface area contributed by atoms with Crippen LogP contribution in [0.4, 0.5) is 5.69 Å². The summed E-state index contributed by atoms with van der Waals surface area (Å²) in [7, 11) is 0. The number of nitrogens with one attached hydrogen (secondary N) is 3. The van der Waals surface area contributed by atoms with Crippen molar-refractivity contribution >= 4 is 41.3 Å². The van der Waals surface area contributed by atoms with Crippen LogP contribution in [-0.4, -0.2) is 60.2 Å². The highest BCUT2D eigenvalue weighted by Gasteiger charge is 2.52. The van der Waals surface area contributed by atoms with Crippen LogP contribution in [0.15, 0.2) is 53.5 Å². The second-order valence-electron chi connectivity index (χ2n) is 10.2. The van der Waals surface area contributed by atoms with Crippen LogP contribution in [0, 0.1) is 0 Å². The lowest BCUT2D eigenvalue weighted by molar-refractivity contribution is -0.132. The quantitative estimate of drug-likeness (QED) is 0.422. The minimum atomic E-state index is -1.56. The van der Waals surface area contributed by atoms with Crippen LogP contribution in [0.1, 0.15) is 49.0 Å². The molecule has 2 atom stereocenters. The number of benzene rings is 2. The highest BCUT2D eigenvalue weighted by atomic mass is 35.5. The summed E-state index contributed by atoms with van der Waals surface area (Å²) >= 11 is 6.12. The Bertz CT molecular complexity index is 1190. The number of rotatable bonds is 8. The normalized spacial score (nSPS) is 21.8. The fraction of sp³-hybridized carbons (Fsp3) is 0.407. The number of likely N-dealkylation sites (tertiary alicyclic amines) is 1. The van der Waals surface area contributed by atoms with Crippen molar-refractivity contribution in [3.63, 3.8) is 0 Å². The topological polar surface area (TPSA) is 129 Å². The van der Waals surface area contributed by atoms with E-state index in [1.165, 1.54) is 12.8 Å². The first-order valence-electron chi connectivity index (χ1n) is 12.4. The summed E-state index contributed by atoms with van der Waals surface area (Å²) in [5, 5.41) is 9.14. The first kappa shape index (κ1) is 26.6. The van der Waals surface area contributed by atoms with Crippen molar-refractivity contribution in [3.8, 4) is 0 Å². The third-order valence-corrected chi connectivity index (χ3v) is 7.14. The van der Waals surface area contributed by atoms with Crippen molar-refractivity contribution in [1.29, 1.82) is 0 Å². The maximum Gasteiger partial charge on any atom is 0.257 e. The van der Waals surface area contributed by atoms with Crippen LogP contribution in [0.3, 0.4) is 0 Å².